The number of pyridine rings is 1. The first-order valence-electron chi connectivity index (χ1n) is 23.9. The van der Waals surface area contributed by atoms with Crippen LogP contribution in [0.4, 0.5) is 43.5 Å². The smallest absolute Gasteiger partial charge is 0.406 e. The maximum absolute atomic E-state index is 13.0. The fourth-order valence-electron chi connectivity index (χ4n) is 9.40. The van der Waals surface area contributed by atoms with Crippen LogP contribution in [0.3, 0.4) is 0 Å². The number of thiophene rings is 1. The molecule has 8 aromatic rings. The second kappa shape index (κ2) is 22.4. The van der Waals surface area contributed by atoms with Crippen molar-refractivity contribution >= 4 is 61.9 Å². The number of anilines is 3. The van der Waals surface area contributed by atoms with E-state index in [1.165, 1.54) is 35.5 Å². The van der Waals surface area contributed by atoms with Crippen LogP contribution < -0.4 is 29.9 Å². The molecule has 2 aliphatic heterocycles. The summed E-state index contributed by atoms with van der Waals surface area (Å²) in [5.41, 5.74) is 9.36. The van der Waals surface area contributed by atoms with Gasteiger partial charge in [0.05, 0.1) is 20.9 Å². The highest BCUT2D eigenvalue weighted by Crippen LogP contribution is 2.35. The predicted molar refractivity (Wildman–Crippen MR) is 273 cm³/mol. The molecule has 4 aromatic carbocycles. The van der Waals surface area contributed by atoms with Crippen LogP contribution in [0, 0.1) is 0 Å². The third kappa shape index (κ3) is 13.1. The first-order chi connectivity index (χ1) is 35.1. The number of halogens is 7. The van der Waals surface area contributed by atoms with Crippen molar-refractivity contribution in [3.05, 3.63) is 172 Å². The zero-order valence-electron chi connectivity index (χ0n) is 39.6. The number of benzene rings is 4. The molecule has 0 spiro atoms. The van der Waals surface area contributed by atoms with Crippen LogP contribution >= 0.6 is 22.9 Å². The summed E-state index contributed by atoms with van der Waals surface area (Å²) in [6.07, 6.45) is -1.73. The Bertz CT molecular complexity index is 3100. The van der Waals surface area contributed by atoms with E-state index in [4.69, 9.17) is 11.6 Å². The molecule has 0 atom stereocenters. The molecule has 4 aromatic heterocycles. The molecule has 73 heavy (non-hydrogen) atoms. The maximum atomic E-state index is 13.0. The summed E-state index contributed by atoms with van der Waals surface area (Å²) in [5, 5.41) is 8.95. The van der Waals surface area contributed by atoms with Gasteiger partial charge in [-0.3, -0.25) is 9.20 Å². The Hall–Kier alpha value is -7.05. The summed E-state index contributed by atoms with van der Waals surface area (Å²) in [6, 6.07) is 34.6. The third-order valence-electron chi connectivity index (χ3n) is 13.1. The lowest BCUT2D eigenvalue weighted by atomic mass is 9.89. The van der Waals surface area contributed by atoms with Crippen molar-refractivity contribution in [2.45, 2.75) is 76.7 Å². The molecule has 2 fully saturated rings. The molecular weight excluding hydrogens is 990 g/mol. The molecular formula is C54H51ClF6N8O3S. The van der Waals surface area contributed by atoms with Gasteiger partial charge in [0.2, 0.25) is 0 Å². The molecule has 2 saturated heterocycles. The standard InChI is InChI=1S/C29H28ClF3N4O2.C25H23F3N4OS/c1-2-25-27(37-18-22(30)7-12-26(37)35-25)28(38)34-17-19-3-8-23(9-4-19)36-15-13-21(14-16-36)20-5-10-24(11-6-20)39-29(31,32)33;26-25(27,28)33-21-7-3-18(4-8-21)19-9-12-32(13-10-19)20-5-1-17(2-6-20)15-29-24-23-22(11-14-34-23)30-16-31-24/h3-12,18,21H,2,13-17H2,1H3,(H,34,38);1-8,11,14,16,19H,9-10,12-13,15H2,(H,29,30,31). The van der Waals surface area contributed by atoms with E-state index < -0.39 is 12.7 Å². The number of carbonyl (C=O) groups excluding carboxylic acids is 1. The lowest BCUT2D eigenvalue weighted by Gasteiger charge is -2.34. The van der Waals surface area contributed by atoms with Crippen LogP contribution in [0.15, 0.2) is 133 Å². The van der Waals surface area contributed by atoms with Gasteiger partial charge < -0.3 is 29.9 Å². The quantitative estimate of drug-likeness (QED) is 0.109. The van der Waals surface area contributed by atoms with Crippen LogP contribution in [0.5, 0.6) is 11.5 Å². The van der Waals surface area contributed by atoms with Crippen molar-refractivity contribution in [2.75, 3.05) is 41.3 Å². The number of aryl methyl sites for hydroxylation is 1. The topological polar surface area (TPSA) is 109 Å². The molecule has 11 nitrogen and oxygen atoms in total. The zero-order valence-corrected chi connectivity index (χ0v) is 41.2. The minimum Gasteiger partial charge on any atom is -0.406 e. The van der Waals surface area contributed by atoms with Gasteiger partial charge in [-0.15, -0.1) is 37.7 Å². The SMILES string of the molecule is CCc1nc2ccc(Cl)cn2c1C(=O)NCc1ccc(N2CCC(c3ccc(OC(F)(F)F)cc3)CC2)cc1.FC(F)(F)Oc1ccc(C2CCN(c3ccc(CNc4ncnc5ccsc45)cc3)CC2)cc1. The zero-order chi connectivity index (χ0) is 51.1. The summed E-state index contributed by atoms with van der Waals surface area (Å²) >= 11 is 7.77. The number of imidazole rings is 1. The molecule has 19 heteroatoms. The van der Waals surface area contributed by atoms with E-state index in [2.05, 4.69) is 81.3 Å². The van der Waals surface area contributed by atoms with Crippen molar-refractivity contribution in [2.24, 2.45) is 0 Å². The van der Waals surface area contributed by atoms with Crippen LogP contribution in [-0.4, -0.2) is 64.2 Å². The van der Waals surface area contributed by atoms with Crippen molar-refractivity contribution < 1.29 is 40.6 Å². The van der Waals surface area contributed by atoms with Gasteiger partial charge in [0, 0.05) is 56.8 Å². The molecule has 6 heterocycles. The molecule has 1 amide bonds. The molecule has 0 aliphatic carbocycles. The second-order valence-electron chi connectivity index (χ2n) is 17.8. The lowest BCUT2D eigenvalue weighted by Crippen LogP contribution is -2.32. The summed E-state index contributed by atoms with van der Waals surface area (Å²) in [4.78, 5) is 30.9. The first-order valence-corrected chi connectivity index (χ1v) is 25.2. The molecule has 0 radical (unpaired) electrons. The number of fused-ring (bicyclic) bond motifs is 2. The number of alkyl halides is 6. The van der Waals surface area contributed by atoms with Gasteiger partial charge in [-0.05, 0) is 138 Å². The number of nitrogens with one attached hydrogen (secondary N) is 2. The van der Waals surface area contributed by atoms with Gasteiger partial charge in [0.25, 0.3) is 5.91 Å². The highest BCUT2D eigenvalue weighted by atomic mass is 35.5. The Morgan fingerprint density at radius 1 is 0.685 bits per heavy atom. The number of amides is 1. The number of hydrogen-bond donors (Lipinski definition) is 2. The third-order valence-corrected chi connectivity index (χ3v) is 14.3. The Balaban J connectivity index is 0.000000181. The first kappa shape index (κ1) is 50.9. The number of ether oxygens (including phenoxy) is 2. The number of carbonyl (C=O) groups is 1. The van der Waals surface area contributed by atoms with E-state index in [1.54, 1.807) is 64.7 Å². The highest BCUT2D eigenvalue weighted by Gasteiger charge is 2.32. The minimum atomic E-state index is -4.68. The summed E-state index contributed by atoms with van der Waals surface area (Å²) in [5.74, 6) is 0.895. The Morgan fingerprint density at radius 3 is 1.71 bits per heavy atom. The minimum absolute atomic E-state index is 0.178. The summed E-state index contributed by atoms with van der Waals surface area (Å²) < 4.78 is 85.0. The van der Waals surface area contributed by atoms with E-state index in [1.807, 2.05) is 30.5 Å². The van der Waals surface area contributed by atoms with Crippen LogP contribution in [0.25, 0.3) is 15.9 Å². The van der Waals surface area contributed by atoms with Crippen LogP contribution in [0.1, 0.15) is 82.9 Å². The van der Waals surface area contributed by atoms with Gasteiger partial charge in [0.1, 0.15) is 35.0 Å². The van der Waals surface area contributed by atoms with E-state index >= 15 is 0 Å². The number of nitrogens with zero attached hydrogens (tertiary/aromatic N) is 6. The maximum Gasteiger partial charge on any atom is 0.573 e. The highest BCUT2D eigenvalue weighted by molar-refractivity contribution is 7.17. The number of piperidine rings is 2. The van der Waals surface area contributed by atoms with Crippen molar-refractivity contribution in [3.63, 3.8) is 0 Å². The average molecular weight is 1040 g/mol. The fraction of sp³-hybridized carbons (Fsp3) is 0.296. The van der Waals surface area contributed by atoms with Gasteiger partial charge in [-0.25, -0.2) is 15.0 Å². The molecule has 10 rings (SSSR count). The molecule has 0 saturated carbocycles. The number of hydrogen-bond acceptors (Lipinski definition) is 10. The molecule has 2 N–H and O–H groups in total. The molecule has 2 aliphatic rings. The van der Waals surface area contributed by atoms with Gasteiger partial charge in [-0.2, -0.15) is 0 Å². The van der Waals surface area contributed by atoms with E-state index in [0.29, 0.717) is 41.8 Å². The Kier molecular flexibility index (Phi) is 15.6. The van der Waals surface area contributed by atoms with Gasteiger partial charge in [0.15, 0.2) is 0 Å². The van der Waals surface area contributed by atoms with Crippen molar-refractivity contribution in [3.8, 4) is 11.5 Å². The molecule has 0 unspecified atom stereocenters. The fourth-order valence-corrected chi connectivity index (χ4v) is 10.4. The van der Waals surface area contributed by atoms with Crippen molar-refractivity contribution in [1.29, 1.82) is 0 Å². The van der Waals surface area contributed by atoms with E-state index in [0.717, 1.165) is 96.0 Å². The van der Waals surface area contributed by atoms with Crippen LogP contribution in [-0.2, 0) is 19.5 Å². The largest absolute Gasteiger partial charge is 0.573 e. The average Bonchev–Trinajstić information content (AvgIpc) is 4.03. The summed E-state index contributed by atoms with van der Waals surface area (Å²) in [7, 11) is 0. The van der Waals surface area contributed by atoms with Gasteiger partial charge >= 0.3 is 12.7 Å². The monoisotopic (exact) mass is 1040 g/mol. The van der Waals surface area contributed by atoms with Crippen LogP contribution in [0.2, 0.25) is 5.02 Å². The Labute approximate surface area is 426 Å². The summed E-state index contributed by atoms with van der Waals surface area (Å²) in [6.45, 7) is 6.52. The van der Waals surface area contributed by atoms with Gasteiger partial charge in [-0.1, -0.05) is 67.1 Å². The van der Waals surface area contributed by atoms with E-state index in [9.17, 15) is 31.1 Å². The normalized spacial score (nSPS) is 14.7. The predicted octanol–water partition coefficient (Wildman–Crippen LogP) is 13.3. The Morgan fingerprint density at radius 2 is 1.21 bits per heavy atom. The number of aromatic nitrogens is 4. The molecule has 380 valence electrons. The molecule has 0 bridgehead atoms. The van der Waals surface area contributed by atoms with Crippen molar-refractivity contribution in [1.82, 2.24) is 24.7 Å². The second-order valence-corrected chi connectivity index (χ2v) is 19.2. The number of rotatable bonds is 13. The van der Waals surface area contributed by atoms with E-state index in [-0.39, 0.29) is 23.3 Å². The lowest BCUT2D eigenvalue weighted by molar-refractivity contribution is -0.275.